The molecule has 16 heavy (non-hydrogen) atoms. The standard InChI is InChI=1S/C13H21N3/c1-10(2)16(8-11-3-4-11)9-13-6-5-12(14)7-15-13/h5-7,10-11H,3-4,8-9,14H2,1-2H3. The Morgan fingerprint density at radius 1 is 1.44 bits per heavy atom. The SMILES string of the molecule is CC(C)N(Cc1ccc(N)cn1)CC1CC1. The quantitative estimate of drug-likeness (QED) is 0.826. The van der Waals surface area contributed by atoms with Gasteiger partial charge in [0.2, 0.25) is 0 Å². The molecule has 1 aromatic heterocycles. The first-order valence-electron chi connectivity index (χ1n) is 6.09. The predicted octanol–water partition coefficient (Wildman–Crippen LogP) is 2.28. The van der Waals surface area contributed by atoms with Gasteiger partial charge < -0.3 is 5.73 Å². The van der Waals surface area contributed by atoms with Crippen LogP contribution >= 0.6 is 0 Å². The van der Waals surface area contributed by atoms with E-state index >= 15 is 0 Å². The first-order valence-corrected chi connectivity index (χ1v) is 6.09. The molecule has 0 atom stereocenters. The van der Waals surface area contributed by atoms with Crippen LogP contribution in [-0.4, -0.2) is 22.5 Å². The Morgan fingerprint density at radius 3 is 2.69 bits per heavy atom. The number of pyridine rings is 1. The van der Waals surface area contributed by atoms with Crippen LogP contribution in [0.2, 0.25) is 0 Å². The average molecular weight is 219 g/mol. The van der Waals surface area contributed by atoms with Crippen molar-refractivity contribution in [3.63, 3.8) is 0 Å². The fourth-order valence-electron chi connectivity index (χ4n) is 1.83. The van der Waals surface area contributed by atoms with Gasteiger partial charge in [-0.1, -0.05) is 0 Å². The molecule has 3 nitrogen and oxygen atoms in total. The summed E-state index contributed by atoms with van der Waals surface area (Å²) < 4.78 is 0. The number of nitrogens with two attached hydrogens (primary N) is 1. The summed E-state index contributed by atoms with van der Waals surface area (Å²) in [7, 11) is 0. The molecule has 3 heteroatoms. The second-order valence-corrected chi connectivity index (χ2v) is 5.05. The van der Waals surface area contributed by atoms with Crippen molar-refractivity contribution in [1.29, 1.82) is 0 Å². The summed E-state index contributed by atoms with van der Waals surface area (Å²) in [6, 6.07) is 4.54. The van der Waals surface area contributed by atoms with E-state index in [0.29, 0.717) is 6.04 Å². The molecule has 1 aromatic rings. The molecule has 2 N–H and O–H groups in total. The van der Waals surface area contributed by atoms with Crippen molar-refractivity contribution >= 4 is 5.69 Å². The van der Waals surface area contributed by atoms with Crippen molar-refractivity contribution in [1.82, 2.24) is 9.88 Å². The van der Waals surface area contributed by atoms with E-state index in [1.54, 1.807) is 6.20 Å². The highest BCUT2D eigenvalue weighted by atomic mass is 15.2. The highest BCUT2D eigenvalue weighted by Crippen LogP contribution is 2.30. The van der Waals surface area contributed by atoms with E-state index in [2.05, 4.69) is 23.7 Å². The molecule has 0 amide bonds. The normalized spacial score (nSPS) is 16.0. The van der Waals surface area contributed by atoms with Crippen LogP contribution in [0.4, 0.5) is 5.69 Å². The van der Waals surface area contributed by atoms with Crippen molar-refractivity contribution < 1.29 is 0 Å². The van der Waals surface area contributed by atoms with Crippen molar-refractivity contribution in [2.24, 2.45) is 5.92 Å². The lowest BCUT2D eigenvalue weighted by Crippen LogP contribution is -2.32. The van der Waals surface area contributed by atoms with Crippen LogP contribution in [0.3, 0.4) is 0 Å². The number of aromatic nitrogens is 1. The van der Waals surface area contributed by atoms with E-state index in [4.69, 9.17) is 5.73 Å². The van der Waals surface area contributed by atoms with Crippen molar-refractivity contribution in [2.45, 2.75) is 39.3 Å². The maximum Gasteiger partial charge on any atom is 0.0545 e. The third-order valence-corrected chi connectivity index (χ3v) is 3.13. The highest BCUT2D eigenvalue weighted by molar-refractivity contribution is 5.34. The molecule has 2 rings (SSSR count). The van der Waals surface area contributed by atoms with Crippen LogP contribution in [-0.2, 0) is 6.54 Å². The number of hydrogen-bond acceptors (Lipinski definition) is 3. The van der Waals surface area contributed by atoms with Gasteiger partial charge in [-0.2, -0.15) is 0 Å². The van der Waals surface area contributed by atoms with Crippen LogP contribution in [0, 0.1) is 5.92 Å². The largest absolute Gasteiger partial charge is 0.397 e. The van der Waals surface area contributed by atoms with E-state index in [-0.39, 0.29) is 0 Å². The number of rotatable bonds is 5. The molecular formula is C13H21N3. The zero-order valence-electron chi connectivity index (χ0n) is 10.2. The highest BCUT2D eigenvalue weighted by Gasteiger charge is 2.25. The maximum atomic E-state index is 5.63. The van der Waals surface area contributed by atoms with Gasteiger partial charge in [0.05, 0.1) is 17.6 Å². The Bertz CT molecular complexity index is 328. The van der Waals surface area contributed by atoms with Crippen molar-refractivity contribution in [2.75, 3.05) is 12.3 Å². The van der Waals surface area contributed by atoms with Gasteiger partial charge in [0.25, 0.3) is 0 Å². The van der Waals surface area contributed by atoms with Gasteiger partial charge in [-0.25, -0.2) is 0 Å². The Labute approximate surface area is 97.7 Å². The van der Waals surface area contributed by atoms with Gasteiger partial charge in [0.15, 0.2) is 0 Å². The van der Waals surface area contributed by atoms with Gasteiger partial charge in [-0.15, -0.1) is 0 Å². The van der Waals surface area contributed by atoms with E-state index in [9.17, 15) is 0 Å². The lowest BCUT2D eigenvalue weighted by Gasteiger charge is -2.26. The molecule has 0 aromatic carbocycles. The molecule has 0 aliphatic heterocycles. The molecule has 0 bridgehead atoms. The number of nitrogens with zero attached hydrogens (tertiary/aromatic N) is 2. The molecule has 1 heterocycles. The first-order chi connectivity index (χ1) is 7.65. The topological polar surface area (TPSA) is 42.1 Å². The summed E-state index contributed by atoms with van der Waals surface area (Å²) in [5.74, 6) is 0.927. The molecular weight excluding hydrogens is 198 g/mol. The van der Waals surface area contributed by atoms with Crippen molar-refractivity contribution in [3.8, 4) is 0 Å². The van der Waals surface area contributed by atoms with E-state index < -0.39 is 0 Å². The summed E-state index contributed by atoms with van der Waals surface area (Å²) in [5.41, 5.74) is 7.48. The van der Waals surface area contributed by atoms with E-state index in [0.717, 1.165) is 23.8 Å². The minimum absolute atomic E-state index is 0.583. The number of nitrogen functional groups attached to an aromatic ring is 1. The number of hydrogen-bond donors (Lipinski definition) is 1. The molecule has 1 aliphatic carbocycles. The minimum atomic E-state index is 0.583. The zero-order valence-corrected chi connectivity index (χ0v) is 10.2. The summed E-state index contributed by atoms with van der Waals surface area (Å²) in [5, 5.41) is 0. The van der Waals surface area contributed by atoms with Crippen LogP contribution in [0.1, 0.15) is 32.4 Å². The van der Waals surface area contributed by atoms with Crippen LogP contribution < -0.4 is 5.73 Å². The lowest BCUT2D eigenvalue weighted by molar-refractivity contribution is 0.201. The molecule has 1 saturated carbocycles. The summed E-state index contributed by atoms with van der Waals surface area (Å²) in [4.78, 5) is 6.86. The third-order valence-electron chi connectivity index (χ3n) is 3.13. The van der Waals surface area contributed by atoms with Gasteiger partial charge in [0, 0.05) is 19.1 Å². The average Bonchev–Trinajstić information content (AvgIpc) is 3.04. The minimum Gasteiger partial charge on any atom is -0.397 e. The Morgan fingerprint density at radius 2 is 2.19 bits per heavy atom. The molecule has 0 saturated heterocycles. The molecule has 0 radical (unpaired) electrons. The van der Waals surface area contributed by atoms with Gasteiger partial charge >= 0.3 is 0 Å². The molecule has 1 fully saturated rings. The van der Waals surface area contributed by atoms with Crippen LogP contribution in [0.15, 0.2) is 18.3 Å². The van der Waals surface area contributed by atoms with E-state index in [1.807, 2.05) is 12.1 Å². The van der Waals surface area contributed by atoms with Crippen LogP contribution in [0.5, 0.6) is 0 Å². The number of anilines is 1. The predicted molar refractivity (Wildman–Crippen MR) is 66.9 cm³/mol. The Hall–Kier alpha value is -1.09. The maximum absolute atomic E-state index is 5.63. The second kappa shape index (κ2) is 4.83. The Kier molecular flexibility index (Phi) is 3.44. The third kappa shape index (κ3) is 3.20. The molecule has 1 aliphatic rings. The summed E-state index contributed by atoms with van der Waals surface area (Å²) >= 11 is 0. The van der Waals surface area contributed by atoms with Crippen LogP contribution in [0.25, 0.3) is 0 Å². The zero-order chi connectivity index (χ0) is 11.5. The fourth-order valence-corrected chi connectivity index (χ4v) is 1.83. The monoisotopic (exact) mass is 219 g/mol. The fraction of sp³-hybridized carbons (Fsp3) is 0.615. The van der Waals surface area contributed by atoms with Gasteiger partial charge in [-0.05, 0) is 44.7 Å². The Balaban J connectivity index is 1.95. The molecule has 0 unspecified atom stereocenters. The van der Waals surface area contributed by atoms with E-state index in [1.165, 1.54) is 19.4 Å². The summed E-state index contributed by atoms with van der Waals surface area (Å²) in [6.07, 6.45) is 4.54. The lowest BCUT2D eigenvalue weighted by atomic mass is 10.2. The molecule has 0 spiro atoms. The van der Waals surface area contributed by atoms with Gasteiger partial charge in [0.1, 0.15) is 0 Å². The summed E-state index contributed by atoms with van der Waals surface area (Å²) in [6.45, 7) is 6.65. The van der Waals surface area contributed by atoms with Gasteiger partial charge in [-0.3, -0.25) is 9.88 Å². The second-order valence-electron chi connectivity index (χ2n) is 5.05. The smallest absolute Gasteiger partial charge is 0.0545 e. The van der Waals surface area contributed by atoms with Crippen molar-refractivity contribution in [3.05, 3.63) is 24.0 Å². The first kappa shape index (κ1) is 11.4. The molecule has 88 valence electrons.